The second-order valence-corrected chi connectivity index (χ2v) is 5.31. The van der Waals surface area contributed by atoms with Crippen molar-refractivity contribution in [1.82, 2.24) is 5.32 Å². The van der Waals surface area contributed by atoms with Crippen LogP contribution in [-0.2, 0) is 4.74 Å². The van der Waals surface area contributed by atoms with E-state index in [2.05, 4.69) is 17.2 Å². The van der Waals surface area contributed by atoms with Gasteiger partial charge in [0.05, 0.1) is 12.1 Å². The number of methoxy groups -OCH3 is 1. The number of carbonyl (C=O) groups is 1. The van der Waals surface area contributed by atoms with Crippen molar-refractivity contribution in [3.8, 4) is 11.8 Å². The fourth-order valence-corrected chi connectivity index (χ4v) is 2.22. The Hall–Kier alpha value is -1.35. The predicted octanol–water partition coefficient (Wildman–Crippen LogP) is 1.25. The molecule has 5 heteroatoms. The molecule has 98 valence electrons. The lowest BCUT2D eigenvalue weighted by molar-refractivity contribution is 0.0823. The van der Waals surface area contributed by atoms with Crippen LogP contribution in [0.4, 0.5) is 0 Å². The largest absolute Gasteiger partial charge is 0.384 e. The van der Waals surface area contributed by atoms with Gasteiger partial charge in [-0.3, -0.25) is 4.79 Å². The molecule has 0 fully saturated rings. The number of rotatable bonds is 4. The van der Waals surface area contributed by atoms with Crippen LogP contribution in [0.3, 0.4) is 0 Å². The van der Waals surface area contributed by atoms with E-state index in [0.717, 1.165) is 0 Å². The summed E-state index contributed by atoms with van der Waals surface area (Å²) in [6.45, 7) is 4.00. The molecule has 0 saturated carbocycles. The monoisotopic (exact) mass is 267 g/mol. The van der Waals surface area contributed by atoms with E-state index in [0.29, 0.717) is 17.0 Å². The fraction of sp³-hybridized carbons (Fsp3) is 0.462. The molecule has 0 saturated heterocycles. The van der Waals surface area contributed by atoms with Gasteiger partial charge in [0.2, 0.25) is 0 Å². The molecular formula is C13H17NO3S. The molecule has 1 aromatic rings. The number of hydrogen-bond donors (Lipinski definition) is 2. The van der Waals surface area contributed by atoms with Crippen LogP contribution in [0.1, 0.15) is 29.1 Å². The van der Waals surface area contributed by atoms with Crippen LogP contribution in [0.2, 0.25) is 0 Å². The zero-order valence-corrected chi connectivity index (χ0v) is 11.6. The highest BCUT2D eigenvalue weighted by molar-refractivity contribution is 7.12. The van der Waals surface area contributed by atoms with Crippen molar-refractivity contribution in [2.24, 2.45) is 0 Å². The van der Waals surface area contributed by atoms with E-state index in [1.165, 1.54) is 11.3 Å². The Kier molecular flexibility index (Phi) is 5.35. The van der Waals surface area contributed by atoms with Gasteiger partial charge in [0.1, 0.15) is 11.5 Å². The van der Waals surface area contributed by atoms with Crippen molar-refractivity contribution < 1.29 is 14.6 Å². The third kappa shape index (κ3) is 4.15. The number of hydrogen-bond acceptors (Lipinski definition) is 4. The summed E-state index contributed by atoms with van der Waals surface area (Å²) in [4.78, 5) is 12.6. The third-order valence-corrected chi connectivity index (χ3v) is 3.04. The number of amides is 1. The molecule has 0 bridgehead atoms. The van der Waals surface area contributed by atoms with Gasteiger partial charge in [-0.1, -0.05) is 11.8 Å². The van der Waals surface area contributed by atoms with Crippen LogP contribution in [0, 0.1) is 11.8 Å². The van der Waals surface area contributed by atoms with Gasteiger partial charge in [-0.2, -0.15) is 0 Å². The maximum atomic E-state index is 12.1. The lowest BCUT2D eigenvalue weighted by Gasteiger charge is -2.24. The smallest absolute Gasteiger partial charge is 0.263 e. The van der Waals surface area contributed by atoms with E-state index in [4.69, 9.17) is 9.84 Å². The maximum Gasteiger partial charge on any atom is 0.263 e. The van der Waals surface area contributed by atoms with Crippen molar-refractivity contribution in [2.75, 3.05) is 20.3 Å². The van der Waals surface area contributed by atoms with E-state index in [1.807, 2.05) is 13.8 Å². The highest BCUT2D eigenvalue weighted by Crippen LogP contribution is 2.17. The summed E-state index contributed by atoms with van der Waals surface area (Å²) in [6, 6.07) is 1.77. The standard InChI is InChI=1S/C13H17NO3S/c1-13(2,9-17-3)14-12(16)11-10(5-4-7-15)6-8-18-11/h6,8,15H,7,9H2,1-3H3,(H,14,16). The van der Waals surface area contributed by atoms with Gasteiger partial charge in [0.15, 0.2) is 0 Å². The quantitative estimate of drug-likeness (QED) is 0.807. The van der Waals surface area contributed by atoms with Crippen LogP contribution in [0.5, 0.6) is 0 Å². The summed E-state index contributed by atoms with van der Waals surface area (Å²) in [7, 11) is 1.59. The molecule has 0 radical (unpaired) electrons. The molecule has 0 unspecified atom stereocenters. The lowest BCUT2D eigenvalue weighted by Crippen LogP contribution is -2.46. The summed E-state index contributed by atoms with van der Waals surface area (Å²) in [5.74, 6) is 5.13. The van der Waals surface area contributed by atoms with E-state index < -0.39 is 5.54 Å². The number of carbonyl (C=O) groups excluding carboxylic acids is 1. The third-order valence-electron chi connectivity index (χ3n) is 2.13. The first kappa shape index (κ1) is 14.7. The summed E-state index contributed by atoms with van der Waals surface area (Å²) < 4.78 is 5.05. The highest BCUT2D eigenvalue weighted by atomic mass is 32.1. The molecule has 0 atom stereocenters. The minimum absolute atomic E-state index is 0.172. The maximum absolute atomic E-state index is 12.1. The molecule has 0 aliphatic carbocycles. The van der Waals surface area contributed by atoms with Crippen molar-refractivity contribution in [3.05, 3.63) is 21.9 Å². The van der Waals surface area contributed by atoms with E-state index in [1.54, 1.807) is 18.6 Å². The van der Waals surface area contributed by atoms with Crippen LogP contribution >= 0.6 is 11.3 Å². The molecule has 18 heavy (non-hydrogen) atoms. The minimum Gasteiger partial charge on any atom is -0.384 e. The van der Waals surface area contributed by atoms with Gasteiger partial charge in [0.25, 0.3) is 5.91 Å². The topological polar surface area (TPSA) is 58.6 Å². The fourth-order valence-electron chi connectivity index (χ4n) is 1.48. The van der Waals surface area contributed by atoms with E-state index in [9.17, 15) is 4.79 Å². The van der Waals surface area contributed by atoms with Gasteiger partial charge in [-0.25, -0.2) is 0 Å². The molecule has 1 amide bonds. The molecule has 1 heterocycles. The van der Waals surface area contributed by atoms with Gasteiger partial charge >= 0.3 is 0 Å². The second-order valence-electron chi connectivity index (χ2n) is 4.39. The summed E-state index contributed by atoms with van der Waals surface area (Å²) in [5.41, 5.74) is 0.206. The number of ether oxygens (including phenoxy) is 1. The van der Waals surface area contributed by atoms with Gasteiger partial charge in [-0.15, -0.1) is 11.3 Å². The second kappa shape index (κ2) is 6.55. The number of nitrogens with one attached hydrogen (secondary N) is 1. The highest BCUT2D eigenvalue weighted by Gasteiger charge is 2.22. The van der Waals surface area contributed by atoms with E-state index in [-0.39, 0.29) is 12.5 Å². The zero-order valence-electron chi connectivity index (χ0n) is 10.7. The van der Waals surface area contributed by atoms with Crippen LogP contribution < -0.4 is 5.32 Å². The molecule has 1 rings (SSSR count). The predicted molar refractivity (Wildman–Crippen MR) is 71.7 cm³/mol. The Labute approximate surface area is 111 Å². The average molecular weight is 267 g/mol. The molecule has 0 aliphatic heterocycles. The Balaban J connectivity index is 2.82. The molecule has 1 aromatic heterocycles. The molecule has 0 aliphatic rings. The van der Waals surface area contributed by atoms with Crippen molar-refractivity contribution in [2.45, 2.75) is 19.4 Å². The Morgan fingerprint density at radius 3 is 2.94 bits per heavy atom. The number of thiophene rings is 1. The number of aliphatic hydroxyl groups is 1. The van der Waals surface area contributed by atoms with Crippen LogP contribution in [0.15, 0.2) is 11.4 Å². The van der Waals surface area contributed by atoms with Crippen LogP contribution in [0.25, 0.3) is 0 Å². The Morgan fingerprint density at radius 1 is 1.61 bits per heavy atom. The molecule has 0 spiro atoms. The summed E-state index contributed by atoms with van der Waals surface area (Å²) >= 11 is 1.33. The molecule has 4 nitrogen and oxygen atoms in total. The summed E-state index contributed by atoms with van der Waals surface area (Å²) in [6.07, 6.45) is 0. The Morgan fingerprint density at radius 2 is 2.33 bits per heavy atom. The minimum atomic E-state index is -0.433. The molecule has 0 aromatic carbocycles. The van der Waals surface area contributed by atoms with Gasteiger partial charge in [0, 0.05) is 12.7 Å². The van der Waals surface area contributed by atoms with Crippen molar-refractivity contribution >= 4 is 17.2 Å². The average Bonchev–Trinajstić information content (AvgIpc) is 2.73. The first-order valence-electron chi connectivity index (χ1n) is 5.49. The van der Waals surface area contributed by atoms with Gasteiger partial charge in [-0.05, 0) is 25.3 Å². The van der Waals surface area contributed by atoms with Crippen molar-refractivity contribution in [3.63, 3.8) is 0 Å². The number of aliphatic hydroxyl groups excluding tert-OH is 1. The molecule has 2 N–H and O–H groups in total. The summed E-state index contributed by atoms with van der Waals surface area (Å²) in [5, 5.41) is 13.4. The van der Waals surface area contributed by atoms with E-state index >= 15 is 0 Å². The first-order chi connectivity index (χ1) is 8.50. The SMILES string of the molecule is COCC(C)(C)NC(=O)c1sccc1C#CCO. The normalized spacial score (nSPS) is 10.7. The zero-order chi connectivity index (χ0) is 13.6. The lowest BCUT2D eigenvalue weighted by atomic mass is 10.1. The molecular weight excluding hydrogens is 250 g/mol. The Bertz CT molecular complexity index is 468. The van der Waals surface area contributed by atoms with Gasteiger partial charge < -0.3 is 15.2 Å². The van der Waals surface area contributed by atoms with Crippen LogP contribution in [-0.4, -0.2) is 36.9 Å². The first-order valence-corrected chi connectivity index (χ1v) is 6.37. The van der Waals surface area contributed by atoms with Crippen molar-refractivity contribution in [1.29, 1.82) is 0 Å².